The summed E-state index contributed by atoms with van der Waals surface area (Å²) in [6.45, 7) is 4.69. The molecule has 10 rings (SSSR count). The number of anilines is 3. The van der Waals surface area contributed by atoms with Crippen LogP contribution in [0.15, 0.2) is 182 Å². The van der Waals surface area contributed by atoms with Gasteiger partial charge < -0.3 is 9.47 Å². The Kier molecular flexibility index (Phi) is 6.56. The Labute approximate surface area is 298 Å². The van der Waals surface area contributed by atoms with Gasteiger partial charge in [0, 0.05) is 38.6 Å². The van der Waals surface area contributed by atoms with E-state index < -0.39 is 0 Å². The summed E-state index contributed by atoms with van der Waals surface area (Å²) >= 11 is 0. The second kappa shape index (κ2) is 11.3. The quantitative estimate of drug-likeness (QED) is 0.180. The molecule has 0 spiro atoms. The summed E-state index contributed by atoms with van der Waals surface area (Å²) in [7, 11) is 0. The van der Waals surface area contributed by atoms with Crippen molar-refractivity contribution in [3.63, 3.8) is 0 Å². The Balaban J connectivity index is 1.17. The molecule has 1 aliphatic rings. The molecule has 8 aromatic carbocycles. The monoisotopic (exact) mass is 652 g/mol. The summed E-state index contributed by atoms with van der Waals surface area (Å²) in [5.41, 5.74) is 14.7. The molecule has 2 nitrogen and oxygen atoms in total. The largest absolute Gasteiger partial charge is 0.310 e. The standard InChI is InChI=1S/C49H36N2/c1-49(2)44-23-10-8-21-40(44)43-32-38(27-29-45(43)49)50(46-25-13-15-33-14-6-7-20-39(33)46)37-19-12-16-34(30-37)35-26-28-42-41-22-9-11-24-47(41)51(48(42)31-35)36-17-4-3-5-18-36/h3-32H,1-2H3. The van der Waals surface area contributed by atoms with Crippen LogP contribution in [0.2, 0.25) is 0 Å². The van der Waals surface area contributed by atoms with Gasteiger partial charge in [-0.15, -0.1) is 0 Å². The molecule has 1 aromatic heterocycles. The van der Waals surface area contributed by atoms with Crippen LogP contribution in [0, 0.1) is 0 Å². The number of para-hydroxylation sites is 2. The second-order valence-electron chi connectivity index (χ2n) is 14.2. The number of benzene rings is 8. The van der Waals surface area contributed by atoms with Gasteiger partial charge in [-0.1, -0.05) is 141 Å². The molecule has 0 fully saturated rings. The van der Waals surface area contributed by atoms with E-state index in [-0.39, 0.29) is 5.41 Å². The van der Waals surface area contributed by atoms with Gasteiger partial charge in [0.05, 0.1) is 16.7 Å². The van der Waals surface area contributed by atoms with E-state index in [4.69, 9.17) is 0 Å². The predicted octanol–water partition coefficient (Wildman–Crippen LogP) is 13.4. The molecule has 2 heteroatoms. The van der Waals surface area contributed by atoms with E-state index in [1.165, 1.54) is 66.0 Å². The maximum atomic E-state index is 2.44. The summed E-state index contributed by atoms with van der Waals surface area (Å²) in [5.74, 6) is 0. The molecule has 0 atom stereocenters. The summed E-state index contributed by atoms with van der Waals surface area (Å²) in [5, 5.41) is 4.97. The molecule has 0 saturated carbocycles. The molecule has 1 heterocycles. The highest BCUT2D eigenvalue weighted by Crippen LogP contribution is 2.51. The van der Waals surface area contributed by atoms with Crippen molar-refractivity contribution < 1.29 is 0 Å². The number of fused-ring (bicyclic) bond motifs is 7. The van der Waals surface area contributed by atoms with Crippen LogP contribution < -0.4 is 4.90 Å². The average Bonchev–Trinajstić information content (AvgIpc) is 3.63. The lowest BCUT2D eigenvalue weighted by molar-refractivity contribution is 0.660. The Hall–Kier alpha value is -6.38. The van der Waals surface area contributed by atoms with E-state index in [2.05, 4.69) is 205 Å². The second-order valence-corrected chi connectivity index (χ2v) is 14.2. The SMILES string of the molecule is CC1(C)c2ccccc2-c2cc(N(c3cccc(-c4ccc5c6ccccc6n(-c6ccccc6)c5c4)c3)c3cccc4ccccc34)ccc21. The summed E-state index contributed by atoms with van der Waals surface area (Å²) in [6, 6.07) is 66.7. The van der Waals surface area contributed by atoms with Crippen LogP contribution in [-0.4, -0.2) is 4.57 Å². The fourth-order valence-electron chi connectivity index (χ4n) is 8.51. The lowest BCUT2D eigenvalue weighted by Crippen LogP contribution is -2.15. The van der Waals surface area contributed by atoms with E-state index >= 15 is 0 Å². The fraction of sp³-hybridized carbons (Fsp3) is 0.0612. The Morgan fingerprint density at radius 1 is 0.431 bits per heavy atom. The van der Waals surface area contributed by atoms with Crippen LogP contribution in [0.1, 0.15) is 25.0 Å². The molecule has 51 heavy (non-hydrogen) atoms. The minimum atomic E-state index is -0.0461. The lowest BCUT2D eigenvalue weighted by Gasteiger charge is -2.28. The van der Waals surface area contributed by atoms with Crippen molar-refractivity contribution in [1.82, 2.24) is 4.57 Å². The third-order valence-electron chi connectivity index (χ3n) is 11.0. The Bertz CT molecular complexity index is 2780. The van der Waals surface area contributed by atoms with Gasteiger partial charge in [0.2, 0.25) is 0 Å². The van der Waals surface area contributed by atoms with Gasteiger partial charge in [0.15, 0.2) is 0 Å². The predicted molar refractivity (Wildman–Crippen MR) is 216 cm³/mol. The number of rotatable bonds is 5. The first-order valence-corrected chi connectivity index (χ1v) is 17.8. The van der Waals surface area contributed by atoms with Crippen LogP contribution in [0.25, 0.3) is 60.5 Å². The van der Waals surface area contributed by atoms with Gasteiger partial charge in [-0.3, -0.25) is 0 Å². The van der Waals surface area contributed by atoms with Crippen molar-refractivity contribution in [3.05, 3.63) is 193 Å². The van der Waals surface area contributed by atoms with E-state index in [1.807, 2.05) is 0 Å². The maximum absolute atomic E-state index is 2.44. The molecule has 9 aromatic rings. The van der Waals surface area contributed by atoms with Gasteiger partial charge in [0.1, 0.15) is 0 Å². The van der Waals surface area contributed by atoms with E-state index in [1.54, 1.807) is 0 Å². The highest BCUT2D eigenvalue weighted by molar-refractivity contribution is 6.10. The van der Waals surface area contributed by atoms with Gasteiger partial charge >= 0.3 is 0 Å². The number of hydrogen-bond donors (Lipinski definition) is 0. The molecule has 242 valence electrons. The minimum Gasteiger partial charge on any atom is -0.310 e. The molecule has 0 bridgehead atoms. The first-order valence-electron chi connectivity index (χ1n) is 17.8. The molecule has 1 aliphatic carbocycles. The molecule has 0 saturated heterocycles. The zero-order valence-corrected chi connectivity index (χ0v) is 28.7. The smallest absolute Gasteiger partial charge is 0.0547 e. The zero-order valence-electron chi connectivity index (χ0n) is 28.7. The van der Waals surface area contributed by atoms with Crippen LogP contribution in [0.3, 0.4) is 0 Å². The van der Waals surface area contributed by atoms with Gasteiger partial charge in [-0.2, -0.15) is 0 Å². The maximum Gasteiger partial charge on any atom is 0.0547 e. The lowest BCUT2D eigenvalue weighted by atomic mass is 9.82. The molecular weight excluding hydrogens is 617 g/mol. The van der Waals surface area contributed by atoms with E-state index in [0.29, 0.717) is 0 Å². The number of hydrogen-bond acceptors (Lipinski definition) is 1. The normalized spacial score (nSPS) is 13.1. The van der Waals surface area contributed by atoms with Gasteiger partial charge in [-0.25, -0.2) is 0 Å². The van der Waals surface area contributed by atoms with Crippen molar-refractivity contribution in [2.24, 2.45) is 0 Å². The van der Waals surface area contributed by atoms with Crippen molar-refractivity contribution in [2.45, 2.75) is 19.3 Å². The third-order valence-corrected chi connectivity index (χ3v) is 11.0. The molecule has 0 amide bonds. The van der Waals surface area contributed by atoms with Gasteiger partial charge in [-0.05, 0) is 93.4 Å². The van der Waals surface area contributed by atoms with Crippen molar-refractivity contribution in [1.29, 1.82) is 0 Å². The van der Waals surface area contributed by atoms with Crippen molar-refractivity contribution in [3.8, 4) is 27.9 Å². The highest BCUT2D eigenvalue weighted by Gasteiger charge is 2.35. The van der Waals surface area contributed by atoms with E-state index in [0.717, 1.165) is 22.7 Å². The minimum absolute atomic E-state index is 0.0461. The van der Waals surface area contributed by atoms with Crippen LogP contribution >= 0.6 is 0 Å². The third kappa shape index (κ3) is 4.57. The molecule has 0 aliphatic heterocycles. The number of nitrogens with zero attached hydrogens (tertiary/aromatic N) is 2. The van der Waals surface area contributed by atoms with E-state index in [9.17, 15) is 0 Å². The van der Waals surface area contributed by atoms with Crippen LogP contribution in [0.5, 0.6) is 0 Å². The molecule has 0 radical (unpaired) electrons. The topological polar surface area (TPSA) is 8.17 Å². The van der Waals surface area contributed by atoms with Crippen molar-refractivity contribution >= 4 is 49.6 Å². The Morgan fingerprint density at radius 2 is 1.10 bits per heavy atom. The van der Waals surface area contributed by atoms with Crippen LogP contribution in [0.4, 0.5) is 17.1 Å². The fourth-order valence-corrected chi connectivity index (χ4v) is 8.51. The number of aromatic nitrogens is 1. The zero-order chi connectivity index (χ0) is 34.1. The van der Waals surface area contributed by atoms with Crippen molar-refractivity contribution in [2.75, 3.05) is 4.90 Å². The first kappa shape index (κ1) is 29.5. The Morgan fingerprint density at radius 3 is 2.00 bits per heavy atom. The van der Waals surface area contributed by atoms with Gasteiger partial charge in [0.25, 0.3) is 0 Å². The highest BCUT2D eigenvalue weighted by atomic mass is 15.1. The van der Waals surface area contributed by atoms with Crippen LogP contribution in [-0.2, 0) is 5.41 Å². The molecule has 0 N–H and O–H groups in total. The summed E-state index contributed by atoms with van der Waals surface area (Å²) in [6.07, 6.45) is 0. The summed E-state index contributed by atoms with van der Waals surface area (Å²) < 4.78 is 2.39. The molecule has 0 unspecified atom stereocenters. The first-order chi connectivity index (χ1) is 25.1. The summed E-state index contributed by atoms with van der Waals surface area (Å²) in [4.78, 5) is 2.44. The molecular formula is C49H36N2. The average molecular weight is 653 g/mol.